The first-order chi connectivity index (χ1) is 14.5. The lowest BCUT2D eigenvalue weighted by Crippen LogP contribution is -2.25. The van der Waals surface area contributed by atoms with E-state index in [-0.39, 0.29) is 16.6 Å². The van der Waals surface area contributed by atoms with Crippen molar-refractivity contribution < 1.29 is 4.79 Å². The van der Waals surface area contributed by atoms with Gasteiger partial charge in [0.1, 0.15) is 0 Å². The van der Waals surface area contributed by atoms with Crippen LogP contribution in [0.3, 0.4) is 0 Å². The molecule has 5 heteroatoms. The largest absolute Gasteiger partial charge is 0.293 e. The molecular weight excluding hydrogens is 392 g/mol. The molecule has 1 heterocycles. The molecule has 0 aliphatic heterocycles. The number of fused-ring (bicyclic) bond motifs is 1. The second kappa shape index (κ2) is 8.67. The van der Waals surface area contributed by atoms with Crippen LogP contribution >= 0.6 is 11.8 Å². The zero-order chi connectivity index (χ0) is 21.1. The van der Waals surface area contributed by atoms with Gasteiger partial charge in [-0.1, -0.05) is 84.1 Å². The number of aromatic nitrogens is 2. The van der Waals surface area contributed by atoms with Crippen LogP contribution in [0.25, 0.3) is 10.9 Å². The van der Waals surface area contributed by atoms with Crippen molar-refractivity contribution >= 4 is 28.4 Å². The third-order valence-electron chi connectivity index (χ3n) is 5.00. The molecule has 0 aliphatic carbocycles. The van der Waals surface area contributed by atoms with Crippen LogP contribution in [0.1, 0.15) is 28.4 Å². The Bertz CT molecular complexity index is 1250. The summed E-state index contributed by atoms with van der Waals surface area (Å²) in [7, 11) is 0. The number of ketones is 1. The van der Waals surface area contributed by atoms with Gasteiger partial charge in [0.05, 0.1) is 22.7 Å². The van der Waals surface area contributed by atoms with Crippen LogP contribution < -0.4 is 5.56 Å². The van der Waals surface area contributed by atoms with Crippen LogP contribution in [0.5, 0.6) is 0 Å². The van der Waals surface area contributed by atoms with Gasteiger partial charge in [0.15, 0.2) is 10.9 Å². The number of aryl methyl sites for hydroxylation is 1. The molecule has 0 fully saturated rings. The summed E-state index contributed by atoms with van der Waals surface area (Å²) >= 11 is 1.33. The number of para-hydroxylation sites is 1. The molecule has 30 heavy (non-hydrogen) atoms. The Morgan fingerprint density at radius 3 is 2.37 bits per heavy atom. The zero-order valence-electron chi connectivity index (χ0n) is 16.9. The van der Waals surface area contributed by atoms with Crippen LogP contribution in [-0.2, 0) is 6.54 Å². The van der Waals surface area contributed by atoms with E-state index in [0.29, 0.717) is 28.2 Å². The van der Waals surface area contributed by atoms with Gasteiger partial charge in [0.2, 0.25) is 0 Å². The Morgan fingerprint density at radius 2 is 1.63 bits per heavy atom. The average molecular weight is 415 g/mol. The van der Waals surface area contributed by atoms with Crippen molar-refractivity contribution in [1.29, 1.82) is 0 Å². The molecule has 1 atom stereocenters. The summed E-state index contributed by atoms with van der Waals surface area (Å²) < 4.78 is 1.67. The van der Waals surface area contributed by atoms with Gasteiger partial charge in [-0.25, -0.2) is 4.98 Å². The average Bonchev–Trinajstić information content (AvgIpc) is 2.77. The van der Waals surface area contributed by atoms with E-state index in [1.165, 1.54) is 11.8 Å². The van der Waals surface area contributed by atoms with Gasteiger partial charge in [0, 0.05) is 5.56 Å². The predicted octanol–water partition coefficient (Wildman–Crippen LogP) is 5.12. The standard InChI is InChI=1S/C25H22N2O2S/c1-17-12-14-20(15-13-17)23(28)18(2)30-25-26-22-11-7-6-10-21(22)24(29)27(25)16-19-8-4-3-5-9-19/h3-15,18H,16H2,1-2H3/t18-/m0/s1. The maximum absolute atomic E-state index is 13.2. The van der Waals surface area contributed by atoms with Gasteiger partial charge < -0.3 is 0 Å². The first-order valence-corrected chi connectivity index (χ1v) is 10.7. The van der Waals surface area contributed by atoms with Crippen LogP contribution in [0.4, 0.5) is 0 Å². The molecule has 0 saturated carbocycles. The quantitative estimate of drug-likeness (QED) is 0.250. The van der Waals surface area contributed by atoms with Crippen molar-refractivity contribution in [1.82, 2.24) is 9.55 Å². The molecule has 0 unspecified atom stereocenters. The maximum Gasteiger partial charge on any atom is 0.262 e. The smallest absolute Gasteiger partial charge is 0.262 e. The predicted molar refractivity (Wildman–Crippen MR) is 122 cm³/mol. The second-order valence-corrected chi connectivity index (χ2v) is 8.59. The third-order valence-corrected chi connectivity index (χ3v) is 6.09. The Labute approximate surface area is 179 Å². The SMILES string of the molecule is Cc1ccc(C(=O)[C@H](C)Sc2nc3ccccc3c(=O)n2Cc2ccccc2)cc1. The lowest BCUT2D eigenvalue weighted by molar-refractivity contribution is 0.0994. The Balaban J connectivity index is 1.73. The van der Waals surface area contributed by atoms with Gasteiger partial charge in [-0.15, -0.1) is 0 Å². The van der Waals surface area contributed by atoms with E-state index >= 15 is 0 Å². The number of carbonyl (C=O) groups is 1. The molecule has 0 aliphatic rings. The molecular formula is C25H22N2O2S. The molecule has 4 rings (SSSR count). The number of hydrogen-bond acceptors (Lipinski definition) is 4. The van der Waals surface area contributed by atoms with E-state index in [2.05, 4.69) is 0 Å². The van der Waals surface area contributed by atoms with E-state index in [1.54, 1.807) is 10.6 Å². The topological polar surface area (TPSA) is 52.0 Å². The Kier molecular flexibility index (Phi) is 5.81. The number of Topliss-reactive ketones (excluding diaryl/α,β-unsaturated/α-hetero) is 1. The van der Waals surface area contributed by atoms with E-state index in [0.717, 1.165) is 11.1 Å². The summed E-state index contributed by atoms with van der Waals surface area (Å²) in [5.74, 6) is 0.0219. The van der Waals surface area contributed by atoms with Crippen LogP contribution in [0.15, 0.2) is 88.8 Å². The van der Waals surface area contributed by atoms with E-state index in [9.17, 15) is 9.59 Å². The van der Waals surface area contributed by atoms with E-state index in [1.807, 2.05) is 86.6 Å². The molecule has 0 amide bonds. The van der Waals surface area contributed by atoms with Crippen molar-refractivity contribution in [3.63, 3.8) is 0 Å². The fourth-order valence-corrected chi connectivity index (χ4v) is 4.29. The van der Waals surface area contributed by atoms with E-state index in [4.69, 9.17) is 4.98 Å². The molecule has 1 aromatic heterocycles. The first kappa shape index (κ1) is 20.1. The first-order valence-electron chi connectivity index (χ1n) is 9.84. The van der Waals surface area contributed by atoms with Gasteiger partial charge in [-0.05, 0) is 31.5 Å². The monoisotopic (exact) mass is 414 g/mol. The number of thioether (sulfide) groups is 1. The molecule has 0 radical (unpaired) electrons. The molecule has 0 spiro atoms. The Morgan fingerprint density at radius 1 is 0.967 bits per heavy atom. The maximum atomic E-state index is 13.2. The van der Waals surface area contributed by atoms with Crippen LogP contribution in [-0.4, -0.2) is 20.6 Å². The van der Waals surface area contributed by atoms with Crippen molar-refractivity contribution in [3.05, 3.63) is 106 Å². The van der Waals surface area contributed by atoms with Gasteiger partial charge in [-0.3, -0.25) is 14.2 Å². The lowest BCUT2D eigenvalue weighted by Gasteiger charge is -2.16. The summed E-state index contributed by atoms with van der Waals surface area (Å²) in [6.07, 6.45) is 0. The van der Waals surface area contributed by atoms with Crippen molar-refractivity contribution in [2.45, 2.75) is 30.8 Å². The van der Waals surface area contributed by atoms with Crippen molar-refractivity contribution in [2.24, 2.45) is 0 Å². The highest BCUT2D eigenvalue weighted by Crippen LogP contribution is 2.25. The zero-order valence-corrected chi connectivity index (χ0v) is 17.7. The summed E-state index contributed by atoms with van der Waals surface area (Å²) in [6, 6.07) is 24.7. The summed E-state index contributed by atoms with van der Waals surface area (Å²) in [4.78, 5) is 30.9. The minimum atomic E-state index is -0.372. The molecule has 0 saturated heterocycles. The fourth-order valence-electron chi connectivity index (χ4n) is 3.31. The molecule has 150 valence electrons. The van der Waals surface area contributed by atoms with Gasteiger partial charge >= 0.3 is 0 Å². The van der Waals surface area contributed by atoms with Crippen LogP contribution in [0, 0.1) is 6.92 Å². The number of hydrogen-bond donors (Lipinski definition) is 0. The number of nitrogens with zero attached hydrogens (tertiary/aromatic N) is 2. The Hall–Kier alpha value is -3.18. The highest BCUT2D eigenvalue weighted by Gasteiger charge is 2.20. The highest BCUT2D eigenvalue weighted by atomic mass is 32.2. The highest BCUT2D eigenvalue weighted by molar-refractivity contribution is 8.00. The summed E-state index contributed by atoms with van der Waals surface area (Å²) in [5, 5.41) is 0.758. The molecule has 0 N–H and O–H groups in total. The van der Waals surface area contributed by atoms with Crippen molar-refractivity contribution in [2.75, 3.05) is 0 Å². The number of benzene rings is 3. The minimum Gasteiger partial charge on any atom is -0.293 e. The minimum absolute atomic E-state index is 0.0219. The van der Waals surface area contributed by atoms with Crippen molar-refractivity contribution in [3.8, 4) is 0 Å². The molecule has 0 bridgehead atoms. The second-order valence-electron chi connectivity index (χ2n) is 7.28. The molecule has 4 aromatic rings. The van der Waals surface area contributed by atoms with Gasteiger partial charge in [-0.2, -0.15) is 0 Å². The normalized spacial score (nSPS) is 12.1. The summed E-state index contributed by atoms with van der Waals surface area (Å²) in [5.41, 5.74) is 3.33. The summed E-state index contributed by atoms with van der Waals surface area (Å²) in [6.45, 7) is 4.26. The molecule has 3 aromatic carbocycles. The van der Waals surface area contributed by atoms with Crippen LogP contribution in [0.2, 0.25) is 0 Å². The number of carbonyl (C=O) groups excluding carboxylic acids is 1. The fraction of sp³-hybridized carbons (Fsp3) is 0.160. The number of rotatable bonds is 6. The lowest BCUT2D eigenvalue weighted by atomic mass is 10.1. The third kappa shape index (κ3) is 4.21. The van der Waals surface area contributed by atoms with Gasteiger partial charge in [0.25, 0.3) is 5.56 Å². The molecule has 4 nitrogen and oxygen atoms in total. The van der Waals surface area contributed by atoms with E-state index < -0.39 is 0 Å².